The highest BCUT2D eigenvalue weighted by molar-refractivity contribution is 6.21. The molecular weight excluding hydrogens is 434 g/mol. The standard InChI is InChI=1S/C17H16N4O2.C8H5NO2/c18-11-14-6-7-19-12-15(14)13-4-5-16(21(22)23)17(10-13)20-8-2-1-3-9-20;10-7-5-3-1-2-4-6(5)8(11)9-7/h4-7,10,12H,1-3,8-9H2;1-4H,(H,9,10,11). The average Bonchev–Trinajstić information content (AvgIpc) is 3.18. The molecular formula is C25H21N5O4. The Hall–Kier alpha value is -4.58. The molecule has 1 fully saturated rings. The summed E-state index contributed by atoms with van der Waals surface area (Å²) in [6.45, 7) is 1.64. The molecule has 1 N–H and O–H groups in total. The first-order valence-corrected chi connectivity index (χ1v) is 10.8. The van der Waals surface area contributed by atoms with Gasteiger partial charge in [-0.1, -0.05) is 12.1 Å². The summed E-state index contributed by atoms with van der Waals surface area (Å²) in [7, 11) is 0. The zero-order chi connectivity index (χ0) is 24.1. The van der Waals surface area contributed by atoms with Crippen molar-refractivity contribution in [1.82, 2.24) is 10.3 Å². The van der Waals surface area contributed by atoms with E-state index in [0.717, 1.165) is 37.9 Å². The van der Waals surface area contributed by atoms with Gasteiger partial charge in [0, 0.05) is 37.1 Å². The molecule has 2 amide bonds. The van der Waals surface area contributed by atoms with Crippen molar-refractivity contribution in [2.24, 2.45) is 0 Å². The molecule has 5 rings (SSSR count). The number of amides is 2. The van der Waals surface area contributed by atoms with Gasteiger partial charge in [-0.3, -0.25) is 30.0 Å². The van der Waals surface area contributed by atoms with Crippen LogP contribution in [0, 0.1) is 21.4 Å². The summed E-state index contributed by atoms with van der Waals surface area (Å²) < 4.78 is 0. The van der Waals surface area contributed by atoms with E-state index in [0.29, 0.717) is 27.9 Å². The summed E-state index contributed by atoms with van der Waals surface area (Å²) in [5.41, 5.74) is 3.66. The van der Waals surface area contributed by atoms with Crippen molar-refractivity contribution in [3.63, 3.8) is 0 Å². The third kappa shape index (κ3) is 4.61. The minimum Gasteiger partial charge on any atom is -0.366 e. The van der Waals surface area contributed by atoms with Gasteiger partial charge in [0.1, 0.15) is 5.69 Å². The van der Waals surface area contributed by atoms with Gasteiger partial charge in [-0.05, 0) is 55.2 Å². The maximum Gasteiger partial charge on any atom is 0.292 e. The van der Waals surface area contributed by atoms with Crippen LogP contribution in [0.5, 0.6) is 0 Å². The fourth-order valence-corrected chi connectivity index (χ4v) is 4.07. The molecule has 0 unspecified atom stereocenters. The highest BCUT2D eigenvalue weighted by Gasteiger charge is 2.25. The van der Waals surface area contributed by atoms with Crippen molar-refractivity contribution in [3.8, 4) is 17.2 Å². The van der Waals surface area contributed by atoms with E-state index in [2.05, 4.69) is 21.3 Å². The number of carbonyl (C=O) groups is 2. The van der Waals surface area contributed by atoms with Crippen molar-refractivity contribution in [2.45, 2.75) is 19.3 Å². The summed E-state index contributed by atoms with van der Waals surface area (Å²) in [6.07, 6.45) is 6.43. The second-order valence-corrected chi connectivity index (χ2v) is 7.87. The summed E-state index contributed by atoms with van der Waals surface area (Å²) in [5, 5.41) is 22.8. The van der Waals surface area contributed by atoms with Crippen molar-refractivity contribution in [3.05, 3.63) is 87.7 Å². The van der Waals surface area contributed by atoms with Crippen LogP contribution in [-0.2, 0) is 0 Å². The lowest BCUT2D eigenvalue weighted by Gasteiger charge is -2.28. The molecule has 9 heteroatoms. The van der Waals surface area contributed by atoms with Gasteiger partial charge in [0.15, 0.2) is 0 Å². The number of nitrogens with zero attached hydrogens (tertiary/aromatic N) is 4. The van der Waals surface area contributed by atoms with E-state index in [1.165, 1.54) is 6.07 Å². The number of imide groups is 1. The Morgan fingerprint density at radius 2 is 1.65 bits per heavy atom. The highest BCUT2D eigenvalue weighted by atomic mass is 16.6. The Morgan fingerprint density at radius 3 is 2.26 bits per heavy atom. The third-order valence-corrected chi connectivity index (χ3v) is 5.76. The third-order valence-electron chi connectivity index (χ3n) is 5.76. The van der Waals surface area contributed by atoms with Crippen LogP contribution in [0.25, 0.3) is 11.1 Å². The molecule has 2 aliphatic rings. The fraction of sp³-hybridized carbons (Fsp3) is 0.200. The van der Waals surface area contributed by atoms with Crippen LogP contribution in [0.3, 0.4) is 0 Å². The Balaban J connectivity index is 0.000000207. The van der Waals surface area contributed by atoms with Crippen molar-refractivity contribution in [2.75, 3.05) is 18.0 Å². The molecule has 3 aromatic rings. The molecule has 2 aliphatic heterocycles. The molecule has 0 saturated carbocycles. The second kappa shape index (κ2) is 9.92. The van der Waals surface area contributed by atoms with Gasteiger partial charge in [0.05, 0.1) is 27.7 Å². The number of pyridine rings is 1. The van der Waals surface area contributed by atoms with Gasteiger partial charge in [0.25, 0.3) is 17.5 Å². The Labute approximate surface area is 195 Å². The molecule has 1 aromatic heterocycles. The van der Waals surface area contributed by atoms with Gasteiger partial charge >= 0.3 is 0 Å². The molecule has 9 nitrogen and oxygen atoms in total. The zero-order valence-corrected chi connectivity index (χ0v) is 18.2. The van der Waals surface area contributed by atoms with E-state index in [9.17, 15) is 25.0 Å². The van der Waals surface area contributed by atoms with E-state index >= 15 is 0 Å². The number of nitriles is 1. The maximum absolute atomic E-state index is 11.3. The van der Waals surface area contributed by atoms with Crippen molar-refractivity contribution >= 4 is 23.2 Å². The van der Waals surface area contributed by atoms with E-state index in [4.69, 9.17) is 0 Å². The average molecular weight is 455 g/mol. The predicted octanol–water partition coefficient (Wildman–Crippen LogP) is 4.09. The molecule has 170 valence electrons. The molecule has 0 spiro atoms. The number of nitrogens with one attached hydrogen (secondary N) is 1. The van der Waals surface area contributed by atoms with E-state index in [-0.39, 0.29) is 22.4 Å². The van der Waals surface area contributed by atoms with Gasteiger partial charge in [0.2, 0.25) is 0 Å². The molecule has 34 heavy (non-hydrogen) atoms. The lowest BCUT2D eigenvalue weighted by Crippen LogP contribution is -2.29. The van der Waals surface area contributed by atoms with Crippen LogP contribution < -0.4 is 10.2 Å². The van der Waals surface area contributed by atoms with Gasteiger partial charge < -0.3 is 4.90 Å². The lowest BCUT2D eigenvalue weighted by molar-refractivity contribution is -0.384. The van der Waals surface area contributed by atoms with Gasteiger partial charge in [-0.2, -0.15) is 5.26 Å². The van der Waals surface area contributed by atoms with Crippen molar-refractivity contribution in [1.29, 1.82) is 5.26 Å². The predicted molar refractivity (Wildman–Crippen MR) is 125 cm³/mol. The number of hydrogen-bond donors (Lipinski definition) is 1. The van der Waals surface area contributed by atoms with Crippen LogP contribution in [0.4, 0.5) is 11.4 Å². The summed E-state index contributed by atoms with van der Waals surface area (Å²) in [6, 6.07) is 15.5. The molecule has 0 aliphatic carbocycles. The number of hydrogen-bond acceptors (Lipinski definition) is 7. The second-order valence-electron chi connectivity index (χ2n) is 7.87. The number of carbonyl (C=O) groups excluding carboxylic acids is 2. The molecule has 3 heterocycles. The number of nitro benzene ring substituents is 1. The molecule has 0 radical (unpaired) electrons. The SMILES string of the molecule is N#Cc1ccncc1-c1ccc([N+](=O)[O-])c(N2CCCCC2)c1.O=C1NC(=O)c2ccccc21. The number of nitro groups is 1. The van der Waals surface area contributed by atoms with Crippen molar-refractivity contribution < 1.29 is 14.5 Å². The molecule has 1 saturated heterocycles. The van der Waals surface area contributed by atoms with Gasteiger partial charge in [-0.25, -0.2) is 0 Å². The van der Waals surface area contributed by atoms with E-state index in [1.54, 1.807) is 54.9 Å². The Morgan fingerprint density at radius 1 is 0.971 bits per heavy atom. The minimum atomic E-state index is -0.345. The van der Waals surface area contributed by atoms with E-state index in [1.807, 2.05) is 0 Å². The summed E-state index contributed by atoms with van der Waals surface area (Å²) in [4.78, 5) is 39.0. The lowest BCUT2D eigenvalue weighted by atomic mass is 10.0. The van der Waals surface area contributed by atoms with Crippen LogP contribution in [-0.4, -0.2) is 34.8 Å². The number of rotatable bonds is 3. The monoisotopic (exact) mass is 455 g/mol. The quantitative estimate of drug-likeness (QED) is 0.358. The van der Waals surface area contributed by atoms with Crippen LogP contribution in [0.1, 0.15) is 45.5 Å². The summed E-state index contributed by atoms with van der Waals surface area (Å²) >= 11 is 0. The fourth-order valence-electron chi connectivity index (χ4n) is 4.07. The Kier molecular flexibility index (Phi) is 6.59. The number of benzene rings is 2. The number of piperidine rings is 1. The van der Waals surface area contributed by atoms with Crippen LogP contribution >= 0.6 is 0 Å². The zero-order valence-electron chi connectivity index (χ0n) is 18.2. The highest BCUT2D eigenvalue weighted by Crippen LogP contribution is 2.35. The molecule has 0 bridgehead atoms. The topological polar surface area (TPSA) is 129 Å². The molecule has 2 aromatic carbocycles. The van der Waals surface area contributed by atoms with Crippen LogP contribution in [0.15, 0.2) is 60.9 Å². The Bertz CT molecular complexity index is 1280. The molecule has 0 atom stereocenters. The first-order chi connectivity index (χ1) is 16.5. The first-order valence-electron chi connectivity index (χ1n) is 10.8. The number of fused-ring (bicyclic) bond motifs is 1. The summed E-state index contributed by atoms with van der Waals surface area (Å²) in [5.74, 6) is -0.601. The van der Waals surface area contributed by atoms with Gasteiger partial charge in [-0.15, -0.1) is 0 Å². The number of aromatic nitrogens is 1. The van der Waals surface area contributed by atoms with E-state index < -0.39 is 0 Å². The normalized spacial score (nSPS) is 14.4. The largest absolute Gasteiger partial charge is 0.366 e. The minimum absolute atomic E-state index is 0.109. The number of anilines is 1. The maximum atomic E-state index is 11.3. The first kappa shape index (κ1) is 22.6. The van der Waals surface area contributed by atoms with Crippen LogP contribution in [0.2, 0.25) is 0 Å². The smallest absolute Gasteiger partial charge is 0.292 e.